The molecule has 266 valence electrons. The van der Waals surface area contributed by atoms with Gasteiger partial charge in [-0.05, 0) is 39.6 Å². The van der Waals surface area contributed by atoms with Gasteiger partial charge in [0.05, 0.1) is 0 Å². The number of benzene rings is 7. The molecule has 0 heterocycles. The van der Waals surface area contributed by atoms with Crippen LogP contribution < -0.4 is 0 Å². The van der Waals surface area contributed by atoms with E-state index in [4.69, 9.17) is 0 Å². The molecule has 53 heavy (non-hydrogen) atoms. The summed E-state index contributed by atoms with van der Waals surface area (Å²) in [4.78, 5) is 0. The molecule has 0 aliphatic carbocycles. The molecule has 0 aromatic heterocycles. The normalized spacial score (nSPS) is 10.1. The maximum absolute atomic E-state index is 3.06. The van der Waals surface area contributed by atoms with E-state index < -0.39 is 0 Å². The van der Waals surface area contributed by atoms with Crippen LogP contribution in [0, 0.1) is 35.6 Å². The second kappa shape index (κ2) is 19.3. The van der Waals surface area contributed by atoms with Crippen LogP contribution in [0.3, 0.4) is 0 Å². The maximum atomic E-state index is 3.06. The third kappa shape index (κ3) is 8.69. The van der Waals surface area contributed by atoms with Gasteiger partial charge in [-0.25, -0.2) is 0 Å². The van der Waals surface area contributed by atoms with E-state index in [1.807, 2.05) is 0 Å². The Morgan fingerprint density at radius 1 is 0.415 bits per heavy atom. The predicted octanol–water partition coefficient (Wildman–Crippen LogP) is 14.7. The molecule has 0 atom stereocenters. The van der Waals surface area contributed by atoms with Crippen LogP contribution in [0.4, 0.5) is 0 Å². The van der Waals surface area contributed by atoms with Crippen LogP contribution in [0.2, 0.25) is 0 Å². The second-order valence-electron chi connectivity index (χ2n) is 12.7. The van der Waals surface area contributed by atoms with Crippen LogP contribution in [0.15, 0.2) is 164 Å². The topological polar surface area (TPSA) is 0 Å². The van der Waals surface area contributed by atoms with Crippen molar-refractivity contribution >= 4 is 74.8 Å². The van der Waals surface area contributed by atoms with E-state index in [1.54, 1.807) is 0 Å². The Morgan fingerprint density at radius 2 is 0.887 bits per heavy atom. The van der Waals surface area contributed by atoms with E-state index in [0.29, 0.717) is 0 Å². The van der Waals surface area contributed by atoms with Crippen LogP contribution in [0.25, 0.3) is 76.5 Å². The summed E-state index contributed by atoms with van der Waals surface area (Å²) in [5.74, 6) is 0. The molecule has 0 bridgehead atoms. The van der Waals surface area contributed by atoms with Crippen LogP contribution in [0.1, 0.15) is 16.7 Å². The first-order chi connectivity index (χ1) is 24.0. The van der Waals surface area contributed by atoms with Crippen molar-refractivity contribution in [2.24, 2.45) is 0 Å². The van der Waals surface area contributed by atoms with Gasteiger partial charge in [0, 0.05) is 0 Å². The fraction of sp³-hybridized carbons (Fsp3) is 0.0612. The van der Waals surface area contributed by atoms with E-state index in [1.165, 1.54) is 116 Å². The number of rotatable bonds is 3. The van der Waals surface area contributed by atoms with Gasteiger partial charge in [-0.2, -0.15) is 6.07 Å². The molecule has 0 aliphatic heterocycles. The molecule has 4 heteroatoms. The van der Waals surface area contributed by atoms with Crippen LogP contribution in [-0.2, 0) is 23.3 Å². The molecular weight excluding hydrogens is 779 g/mol. The minimum atomic E-state index is 0. The second-order valence-corrected chi connectivity index (χ2v) is 12.7. The quantitative estimate of drug-likeness (QED) is 0.123. The Morgan fingerprint density at radius 3 is 1.49 bits per heavy atom. The summed E-state index contributed by atoms with van der Waals surface area (Å²) in [6.45, 7) is 9.60. The molecule has 0 fully saturated rings. The van der Waals surface area contributed by atoms with Crippen molar-refractivity contribution in [2.75, 3.05) is 0 Å². The van der Waals surface area contributed by atoms with E-state index >= 15 is 0 Å². The van der Waals surface area contributed by atoms with Gasteiger partial charge in [-0.1, -0.05) is 163 Å². The molecule has 0 spiro atoms. The first kappa shape index (κ1) is 43.4. The summed E-state index contributed by atoms with van der Waals surface area (Å²) < 4.78 is 0. The average molecular weight is 823 g/mol. The third-order valence-corrected chi connectivity index (χ3v) is 9.62. The summed E-state index contributed by atoms with van der Waals surface area (Å²) in [5, 5.41) is 10.6. The monoisotopic (exact) mass is 820 g/mol. The standard InChI is InChI=1S/C26H19.C21H17.2CH3.2ClH.Si.Zr/c1-18-8-2-4-12-22(18)21-16-20-11-7-15-25(26(20)17-21)24-14-6-10-19-9-3-5-13-23(19)24;1-14-12-20-15(2)10-11-19(21(20)13-14)18-9-5-7-16-6-3-4-8-17(16)18;;;;;;/h2-17H,1H3;3-13H,1-2H3;2*1H3;2*1H;;/q4*-1;;;;. The Balaban J connectivity index is 0.000000259. The zero-order valence-electron chi connectivity index (χ0n) is 30.9. The summed E-state index contributed by atoms with van der Waals surface area (Å²) >= 11 is 1.36. The van der Waals surface area contributed by atoms with Gasteiger partial charge in [-0.15, -0.1) is 93.4 Å². The molecule has 0 nitrogen and oxygen atoms in total. The number of aryl methyl sites for hydroxylation is 3. The first-order valence-electron chi connectivity index (χ1n) is 16.7. The van der Waals surface area contributed by atoms with Gasteiger partial charge in [0.2, 0.25) is 0 Å². The van der Waals surface area contributed by atoms with Gasteiger partial charge in [0.25, 0.3) is 0 Å². The first-order valence-corrected chi connectivity index (χ1v) is 20.9. The van der Waals surface area contributed by atoms with Crippen LogP contribution >= 0.6 is 24.8 Å². The molecule has 0 N–H and O–H groups in total. The van der Waals surface area contributed by atoms with Gasteiger partial charge in [0.15, 0.2) is 0 Å². The van der Waals surface area contributed by atoms with E-state index in [0.717, 1.165) is 0 Å². The Hall–Kier alpha value is -4.04. The minimum absolute atomic E-state index is 0. The summed E-state index contributed by atoms with van der Waals surface area (Å²) in [6, 6.07) is 59.4. The van der Waals surface area contributed by atoms with Crippen molar-refractivity contribution in [1.82, 2.24) is 0 Å². The molecule has 2 radical (unpaired) electrons. The molecule has 9 aromatic carbocycles. The molecule has 0 unspecified atom stereocenters. The van der Waals surface area contributed by atoms with Crippen molar-refractivity contribution in [1.29, 1.82) is 0 Å². The summed E-state index contributed by atoms with van der Waals surface area (Å²) in [7, 11) is 0. The Bertz CT molecular complexity index is 2580. The molecular formula is C49H44Cl2SiZr-4. The fourth-order valence-electron chi connectivity index (χ4n) is 7.27. The SMILES string of the molecule is Cc1cc2c(-c3cccc4ccccc34)ccc(C)c2[cH-]1.Cc1ccccc1-c1cc2c(-c3cccc4ccccc34)cccc2[cH-]1.Cl.Cl.[CH3-].[CH3-].[Si]=[Zr]. The average Bonchev–Trinajstić information content (AvgIpc) is 3.77. The number of fused-ring (bicyclic) bond motifs is 4. The molecule has 9 aromatic rings. The van der Waals surface area contributed by atoms with E-state index in [2.05, 4.69) is 191 Å². The molecule has 0 saturated heterocycles. The van der Waals surface area contributed by atoms with Gasteiger partial charge >= 0.3 is 30.2 Å². The van der Waals surface area contributed by atoms with Crippen molar-refractivity contribution in [3.8, 4) is 33.4 Å². The fourth-order valence-corrected chi connectivity index (χ4v) is 7.27. The summed E-state index contributed by atoms with van der Waals surface area (Å²) in [6.07, 6.45) is 0. The molecule has 0 amide bonds. The molecule has 9 rings (SSSR count). The van der Waals surface area contributed by atoms with E-state index in [-0.39, 0.29) is 39.7 Å². The van der Waals surface area contributed by atoms with Gasteiger partial charge in [-0.3, -0.25) is 0 Å². The van der Waals surface area contributed by atoms with Gasteiger partial charge < -0.3 is 14.9 Å². The molecule has 0 aliphatic rings. The zero-order chi connectivity index (χ0) is 33.9. The van der Waals surface area contributed by atoms with Crippen molar-refractivity contribution < 1.29 is 23.3 Å². The van der Waals surface area contributed by atoms with Gasteiger partial charge in [0.1, 0.15) is 0 Å². The predicted molar refractivity (Wildman–Crippen MR) is 238 cm³/mol. The van der Waals surface area contributed by atoms with Crippen LogP contribution in [-0.4, -0.2) is 6.88 Å². The number of halogens is 2. The van der Waals surface area contributed by atoms with Crippen molar-refractivity contribution in [3.63, 3.8) is 0 Å². The van der Waals surface area contributed by atoms with Crippen molar-refractivity contribution in [3.05, 3.63) is 195 Å². The number of hydrogen-bond donors (Lipinski definition) is 0. The van der Waals surface area contributed by atoms with Crippen molar-refractivity contribution in [2.45, 2.75) is 20.8 Å². The third-order valence-electron chi connectivity index (χ3n) is 9.62. The Labute approximate surface area is 345 Å². The summed E-state index contributed by atoms with van der Waals surface area (Å²) in [5.41, 5.74) is 11.9. The molecule has 0 saturated carbocycles. The zero-order valence-corrected chi connectivity index (χ0v) is 36.0. The Kier molecular flexibility index (Phi) is 15.8. The van der Waals surface area contributed by atoms with Crippen LogP contribution in [0.5, 0.6) is 0 Å². The van der Waals surface area contributed by atoms with E-state index in [9.17, 15) is 0 Å². The number of hydrogen-bond acceptors (Lipinski definition) is 0.